The fourth-order valence-corrected chi connectivity index (χ4v) is 2.36. The third-order valence-corrected chi connectivity index (χ3v) is 3.51. The number of aromatic nitrogens is 1. The molecule has 0 unspecified atom stereocenters. The standard InChI is InChI=1S/C16H13F3N2O/c1-9-4-3-5-11-8-22-15(21-14(9)11)12-6-7-13(16(17,18)19)20-10(12)2/h3-7H,8H2,1-2H3. The topological polar surface area (TPSA) is 34.5 Å². The molecule has 0 aliphatic carbocycles. The summed E-state index contributed by atoms with van der Waals surface area (Å²) in [6.45, 7) is 3.79. The summed E-state index contributed by atoms with van der Waals surface area (Å²) in [6, 6.07) is 8.07. The molecule has 22 heavy (non-hydrogen) atoms. The van der Waals surface area contributed by atoms with E-state index in [0.29, 0.717) is 18.1 Å². The minimum Gasteiger partial charge on any atom is -0.472 e. The molecular weight excluding hydrogens is 293 g/mol. The van der Waals surface area contributed by atoms with Crippen LogP contribution in [0.15, 0.2) is 35.3 Å². The monoisotopic (exact) mass is 306 g/mol. The van der Waals surface area contributed by atoms with Gasteiger partial charge in [-0.1, -0.05) is 18.2 Å². The molecule has 0 N–H and O–H groups in total. The van der Waals surface area contributed by atoms with Crippen LogP contribution in [-0.4, -0.2) is 10.9 Å². The molecule has 2 aromatic rings. The molecule has 2 heterocycles. The van der Waals surface area contributed by atoms with Gasteiger partial charge in [0, 0.05) is 5.56 Å². The zero-order chi connectivity index (χ0) is 15.9. The maximum atomic E-state index is 12.7. The first-order valence-corrected chi connectivity index (χ1v) is 6.71. The number of nitrogens with zero attached hydrogens (tertiary/aromatic N) is 2. The Balaban J connectivity index is 2.04. The number of rotatable bonds is 1. The van der Waals surface area contributed by atoms with Gasteiger partial charge in [0.05, 0.1) is 16.9 Å². The lowest BCUT2D eigenvalue weighted by molar-refractivity contribution is -0.141. The van der Waals surface area contributed by atoms with Crippen LogP contribution >= 0.6 is 0 Å². The maximum absolute atomic E-state index is 12.7. The molecule has 3 nitrogen and oxygen atoms in total. The average molecular weight is 306 g/mol. The Labute approximate surface area is 125 Å². The summed E-state index contributed by atoms with van der Waals surface area (Å²) in [5.74, 6) is 0.306. The molecule has 3 rings (SSSR count). The molecule has 0 bridgehead atoms. The van der Waals surface area contributed by atoms with Crippen molar-refractivity contribution in [3.63, 3.8) is 0 Å². The molecule has 1 aliphatic heterocycles. The van der Waals surface area contributed by atoms with E-state index >= 15 is 0 Å². The van der Waals surface area contributed by atoms with Crippen molar-refractivity contribution in [2.75, 3.05) is 0 Å². The summed E-state index contributed by atoms with van der Waals surface area (Å²) in [6.07, 6.45) is -4.46. The molecule has 1 aromatic heterocycles. The number of alkyl halides is 3. The molecule has 6 heteroatoms. The minimum absolute atomic E-state index is 0.241. The van der Waals surface area contributed by atoms with Crippen LogP contribution in [0, 0.1) is 13.8 Å². The first-order chi connectivity index (χ1) is 10.4. The van der Waals surface area contributed by atoms with E-state index in [-0.39, 0.29) is 5.69 Å². The van der Waals surface area contributed by atoms with Crippen LogP contribution in [0.5, 0.6) is 0 Å². The SMILES string of the molecule is Cc1cccc2c1N=C(c1ccc(C(F)(F)F)nc1C)OC2. The molecule has 1 aromatic carbocycles. The van der Waals surface area contributed by atoms with Crippen molar-refractivity contribution in [1.82, 2.24) is 4.98 Å². The zero-order valence-electron chi connectivity index (χ0n) is 12.0. The molecule has 1 aliphatic rings. The summed E-state index contributed by atoms with van der Waals surface area (Å²) in [5.41, 5.74) is 2.56. The lowest BCUT2D eigenvalue weighted by Gasteiger charge is -2.19. The van der Waals surface area contributed by atoms with E-state index in [4.69, 9.17) is 4.74 Å². The Bertz CT molecular complexity index is 766. The average Bonchev–Trinajstić information content (AvgIpc) is 2.46. The van der Waals surface area contributed by atoms with E-state index in [1.165, 1.54) is 13.0 Å². The summed E-state index contributed by atoms with van der Waals surface area (Å²) < 4.78 is 43.6. The largest absolute Gasteiger partial charge is 0.472 e. The predicted molar refractivity (Wildman–Crippen MR) is 76.1 cm³/mol. The lowest BCUT2D eigenvalue weighted by atomic mass is 10.1. The van der Waals surface area contributed by atoms with Gasteiger partial charge in [-0.2, -0.15) is 13.2 Å². The number of aliphatic imine (C=N–C) groups is 1. The molecule has 0 spiro atoms. The van der Waals surface area contributed by atoms with E-state index in [9.17, 15) is 13.2 Å². The number of ether oxygens (including phenoxy) is 1. The zero-order valence-corrected chi connectivity index (χ0v) is 12.0. The molecule has 0 saturated carbocycles. The number of hydrogen-bond acceptors (Lipinski definition) is 3. The number of fused-ring (bicyclic) bond motifs is 1. The number of aryl methyl sites for hydroxylation is 2. The van der Waals surface area contributed by atoms with Gasteiger partial charge >= 0.3 is 6.18 Å². The van der Waals surface area contributed by atoms with Gasteiger partial charge in [-0.3, -0.25) is 0 Å². The number of para-hydroxylation sites is 1. The summed E-state index contributed by atoms with van der Waals surface area (Å²) in [7, 11) is 0. The fourth-order valence-electron chi connectivity index (χ4n) is 2.36. The predicted octanol–water partition coefficient (Wildman–Crippen LogP) is 4.33. The van der Waals surface area contributed by atoms with Gasteiger partial charge in [0.2, 0.25) is 5.90 Å². The molecule has 114 valence electrons. The van der Waals surface area contributed by atoms with Crippen LogP contribution in [0.25, 0.3) is 0 Å². The van der Waals surface area contributed by atoms with Crippen LogP contribution in [0.3, 0.4) is 0 Å². The van der Waals surface area contributed by atoms with Crippen molar-refractivity contribution in [3.8, 4) is 0 Å². The Morgan fingerprint density at radius 1 is 1.09 bits per heavy atom. The quantitative estimate of drug-likeness (QED) is 0.786. The molecule has 0 atom stereocenters. The first-order valence-electron chi connectivity index (χ1n) is 6.71. The van der Waals surface area contributed by atoms with Gasteiger partial charge in [-0.05, 0) is 31.5 Å². The van der Waals surface area contributed by atoms with Gasteiger partial charge in [0.25, 0.3) is 0 Å². The Morgan fingerprint density at radius 2 is 1.86 bits per heavy atom. The van der Waals surface area contributed by atoms with Crippen molar-refractivity contribution in [2.24, 2.45) is 4.99 Å². The van der Waals surface area contributed by atoms with E-state index in [2.05, 4.69) is 9.98 Å². The van der Waals surface area contributed by atoms with Gasteiger partial charge < -0.3 is 4.74 Å². The summed E-state index contributed by atoms with van der Waals surface area (Å²) in [5, 5.41) is 0. The lowest BCUT2D eigenvalue weighted by Crippen LogP contribution is -2.16. The highest BCUT2D eigenvalue weighted by Crippen LogP contribution is 2.31. The first kappa shape index (κ1) is 14.6. The van der Waals surface area contributed by atoms with Crippen LogP contribution in [0.4, 0.5) is 18.9 Å². The van der Waals surface area contributed by atoms with Gasteiger partial charge in [0.1, 0.15) is 12.3 Å². The van der Waals surface area contributed by atoms with E-state index in [0.717, 1.165) is 22.9 Å². The van der Waals surface area contributed by atoms with Crippen molar-refractivity contribution in [2.45, 2.75) is 26.6 Å². The molecule has 0 fully saturated rings. The number of benzene rings is 1. The highest BCUT2D eigenvalue weighted by molar-refractivity contribution is 5.98. The van der Waals surface area contributed by atoms with Crippen molar-refractivity contribution in [1.29, 1.82) is 0 Å². The van der Waals surface area contributed by atoms with Crippen LogP contribution in [0.1, 0.15) is 28.1 Å². The fraction of sp³-hybridized carbons (Fsp3) is 0.250. The second kappa shape index (κ2) is 5.12. The van der Waals surface area contributed by atoms with E-state index in [1.807, 2.05) is 25.1 Å². The highest BCUT2D eigenvalue weighted by Gasteiger charge is 2.33. The third-order valence-electron chi connectivity index (χ3n) is 3.51. The number of pyridine rings is 1. The second-order valence-corrected chi connectivity index (χ2v) is 5.12. The van der Waals surface area contributed by atoms with Gasteiger partial charge in [-0.15, -0.1) is 0 Å². The smallest absolute Gasteiger partial charge is 0.433 e. The van der Waals surface area contributed by atoms with Crippen molar-refractivity contribution >= 4 is 11.6 Å². The van der Waals surface area contributed by atoms with Crippen molar-refractivity contribution < 1.29 is 17.9 Å². The second-order valence-electron chi connectivity index (χ2n) is 5.12. The Morgan fingerprint density at radius 3 is 2.55 bits per heavy atom. The molecule has 0 radical (unpaired) electrons. The molecular formula is C16H13F3N2O. The van der Waals surface area contributed by atoms with Gasteiger partial charge in [-0.25, -0.2) is 9.98 Å². The van der Waals surface area contributed by atoms with E-state index in [1.54, 1.807) is 0 Å². The molecule has 0 saturated heterocycles. The number of halogens is 3. The maximum Gasteiger partial charge on any atom is 0.433 e. The van der Waals surface area contributed by atoms with Crippen LogP contribution in [-0.2, 0) is 17.5 Å². The van der Waals surface area contributed by atoms with Crippen molar-refractivity contribution in [3.05, 3.63) is 58.4 Å². The Hall–Kier alpha value is -2.37. The van der Waals surface area contributed by atoms with E-state index < -0.39 is 11.9 Å². The van der Waals surface area contributed by atoms with Crippen LogP contribution in [0.2, 0.25) is 0 Å². The number of hydrogen-bond donors (Lipinski definition) is 0. The minimum atomic E-state index is -4.46. The van der Waals surface area contributed by atoms with Crippen LogP contribution < -0.4 is 0 Å². The summed E-state index contributed by atoms with van der Waals surface area (Å²) in [4.78, 5) is 8.05. The highest BCUT2D eigenvalue weighted by atomic mass is 19.4. The normalized spacial score (nSPS) is 14.1. The third kappa shape index (κ3) is 2.56. The Kier molecular flexibility index (Phi) is 3.39. The molecule has 0 amide bonds. The summed E-state index contributed by atoms with van der Waals surface area (Å²) >= 11 is 0. The van der Waals surface area contributed by atoms with Gasteiger partial charge in [0.15, 0.2) is 0 Å².